The van der Waals surface area contributed by atoms with E-state index in [4.69, 9.17) is 4.84 Å². The Morgan fingerprint density at radius 3 is 3.50 bits per heavy atom. The van der Waals surface area contributed by atoms with Gasteiger partial charge in [-0.1, -0.05) is 5.16 Å². The highest BCUT2D eigenvalue weighted by Crippen LogP contribution is 2.10. The normalized spacial score (nSPS) is 22.0. The van der Waals surface area contributed by atoms with Crippen LogP contribution in [0.2, 0.25) is 0 Å². The van der Waals surface area contributed by atoms with Crippen molar-refractivity contribution in [3.8, 4) is 0 Å². The Hall–Kier alpha value is -1.12. The highest BCUT2D eigenvalue weighted by Gasteiger charge is 2.15. The molecule has 0 saturated heterocycles. The molecule has 3 heteroatoms. The van der Waals surface area contributed by atoms with E-state index in [0.717, 1.165) is 11.3 Å². The Bertz CT molecular complexity index is 202. The largest absolute Gasteiger partial charge is 0.390 e. The maximum Gasteiger partial charge on any atom is 0.146 e. The highest BCUT2D eigenvalue weighted by molar-refractivity contribution is 6.40. The monoisotopic (exact) mass is 108 g/mol. The van der Waals surface area contributed by atoms with Crippen LogP contribution in [0.1, 0.15) is 0 Å². The lowest BCUT2D eigenvalue weighted by atomic mass is 10.2. The van der Waals surface area contributed by atoms with Gasteiger partial charge >= 0.3 is 0 Å². The summed E-state index contributed by atoms with van der Waals surface area (Å²) < 4.78 is 0. The van der Waals surface area contributed by atoms with E-state index in [0.29, 0.717) is 6.61 Å². The van der Waals surface area contributed by atoms with Crippen molar-refractivity contribution < 1.29 is 4.84 Å². The summed E-state index contributed by atoms with van der Waals surface area (Å²) in [5.41, 5.74) is 1.97. The Morgan fingerprint density at radius 1 is 1.62 bits per heavy atom. The molecule has 0 saturated carbocycles. The van der Waals surface area contributed by atoms with Gasteiger partial charge in [-0.2, -0.15) is 0 Å². The van der Waals surface area contributed by atoms with Gasteiger partial charge in [0.1, 0.15) is 12.3 Å². The van der Waals surface area contributed by atoms with Gasteiger partial charge in [-0.05, 0) is 0 Å². The Balaban J connectivity index is 2.49. The molecule has 3 nitrogen and oxygen atoms in total. The molecule has 40 valence electrons. The summed E-state index contributed by atoms with van der Waals surface area (Å²) in [6.45, 7) is 0.593. The minimum absolute atomic E-state index is 0.593. The van der Waals surface area contributed by atoms with Gasteiger partial charge in [0.25, 0.3) is 0 Å². The van der Waals surface area contributed by atoms with Gasteiger partial charge in [0, 0.05) is 11.8 Å². The zero-order chi connectivity index (χ0) is 5.40. The molecule has 2 aliphatic heterocycles. The lowest BCUT2D eigenvalue weighted by molar-refractivity contribution is 0.187. The van der Waals surface area contributed by atoms with E-state index >= 15 is 0 Å². The quantitative estimate of drug-likeness (QED) is 0.440. The van der Waals surface area contributed by atoms with E-state index in [2.05, 4.69) is 10.1 Å². The van der Waals surface area contributed by atoms with Crippen molar-refractivity contribution in [3.63, 3.8) is 0 Å². The van der Waals surface area contributed by atoms with E-state index < -0.39 is 0 Å². The van der Waals surface area contributed by atoms with Crippen molar-refractivity contribution in [1.29, 1.82) is 0 Å². The molecule has 0 unspecified atom stereocenters. The van der Waals surface area contributed by atoms with Crippen molar-refractivity contribution in [2.24, 2.45) is 10.1 Å². The second kappa shape index (κ2) is 1.18. The maximum atomic E-state index is 4.74. The lowest BCUT2D eigenvalue weighted by Crippen LogP contribution is -1.94. The zero-order valence-corrected chi connectivity index (χ0v) is 4.16. The molecule has 2 rings (SSSR count). The molecule has 0 radical (unpaired) electrons. The molecule has 2 heterocycles. The van der Waals surface area contributed by atoms with E-state index in [1.54, 1.807) is 12.4 Å². The summed E-state index contributed by atoms with van der Waals surface area (Å²) >= 11 is 0. The topological polar surface area (TPSA) is 34.0 Å². The van der Waals surface area contributed by atoms with Crippen molar-refractivity contribution in [2.45, 2.75) is 0 Å². The summed E-state index contributed by atoms with van der Waals surface area (Å²) in [6.07, 6.45) is 3.47. The van der Waals surface area contributed by atoms with Crippen LogP contribution in [0.5, 0.6) is 0 Å². The average Bonchev–Trinajstić information content (AvgIpc) is 2.15. The van der Waals surface area contributed by atoms with Crippen LogP contribution in [-0.4, -0.2) is 18.5 Å². The fourth-order valence-electron chi connectivity index (χ4n) is 0.712. The molecule has 0 atom stereocenters. The fourth-order valence-corrected chi connectivity index (χ4v) is 0.712. The molecule has 0 aliphatic carbocycles. The second-order valence-corrected chi connectivity index (χ2v) is 1.68. The van der Waals surface area contributed by atoms with Crippen LogP contribution in [0.4, 0.5) is 0 Å². The van der Waals surface area contributed by atoms with Crippen molar-refractivity contribution >= 4 is 11.9 Å². The SMILES string of the molecule is C1=NC=C2CON=C12. The first-order valence-corrected chi connectivity index (χ1v) is 2.39. The first-order chi connectivity index (χ1) is 3.97. The highest BCUT2D eigenvalue weighted by atomic mass is 16.6. The van der Waals surface area contributed by atoms with E-state index in [-0.39, 0.29) is 0 Å². The maximum absolute atomic E-state index is 4.74. The van der Waals surface area contributed by atoms with Gasteiger partial charge in [-0.25, -0.2) is 0 Å². The number of rotatable bonds is 0. The number of aliphatic imine (C=N–C) groups is 1. The summed E-state index contributed by atoms with van der Waals surface area (Å²) in [5.74, 6) is 0. The fraction of sp³-hybridized carbons (Fsp3) is 0.200. The number of nitrogens with zero attached hydrogens (tertiary/aromatic N) is 2. The number of hydrogen-bond acceptors (Lipinski definition) is 3. The molecule has 0 bridgehead atoms. The summed E-state index contributed by atoms with van der Waals surface area (Å²) in [5, 5.41) is 3.70. The number of fused-ring (bicyclic) bond motifs is 1. The molecule has 8 heavy (non-hydrogen) atoms. The molecule has 2 aliphatic rings. The molecule has 0 fully saturated rings. The van der Waals surface area contributed by atoms with Gasteiger partial charge in [0.05, 0.1) is 6.21 Å². The van der Waals surface area contributed by atoms with Gasteiger partial charge in [0.2, 0.25) is 0 Å². The average molecular weight is 108 g/mol. The molecular weight excluding hydrogens is 104 g/mol. The van der Waals surface area contributed by atoms with Crippen LogP contribution in [-0.2, 0) is 4.84 Å². The Kier molecular flexibility index (Phi) is 0.566. The number of oxime groups is 1. The molecule has 0 amide bonds. The van der Waals surface area contributed by atoms with Crippen molar-refractivity contribution in [1.82, 2.24) is 0 Å². The summed E-state index contributed by atoms with van der Waals surface area (Å²) in [4.78, 5) is 8.61. The van der Waals surface area contributed by atoms with Crippen LogP contribution in [0, 0.1) is 0 Å². The van der Waals surface area contributed by atoms with Crippen molar-refractivity contribution in [2.75, 3.05) is 6.61 Å². The Labute approximate surface area is 46.4 Å². The van der Waals surface area contributed by atoms with Crippen LogP contribution in [0.25, 0.3) is 0 Å². The van der Waals surface area contributed by atoms with Gasteiger partial charge in [-0.15, -0.1) is 0 Å². The van der Waals surface area contributed by atoms with Crippen LogP contribution < -0.4 is 0 Å². The second-order valence-electron chi connectivity index (χ2n) is 1.68. The van der Waals surface area contributed by atoms with Gasteiger partial charge in [-0.3, -0.25) is 4.99 Å². The Morgan fingerprint density at radius 2 is 2.62 bits per heavy atom. The van der Waals surface area contributed by atoms with E-state index in [9.17, 15) is 0 Å². The third kappa shape index (κ3) is 0.332. The molecule has 0 aromatic rings. The van der Waals surface area contributed by atoms with Crippen LogP contribution in [0.15, 0.2) is 21.9 Å². The van der Waals surface area contributed by atoms with Gasteiger partial charge in [0.15, 0.2) is 0 Å². The molecule has 0 N–H and O–H groups in total. The lowest BCUT2D eigenvalue weighted by Gasteiger charge is -1.81. The third-order valence-corrected chi connectivity index (χ3v) is 1.14. The van der Waals surface area contributed by atoms with Crippen LogP contribution in [0.3, 0.4) is 0 Å². The van der Waals surface area contributed by atoms with E-state index in [1.165, 1.54) is 0 Å². The predicted molar refractivity (Wildman–Crippen MR) is 30.0 cm³/mol. The minimum atomic E-state index is 0.593. The van der Waals surface area contributed by atoms with Crippen LogP contribution >= 0.6 is 0 Å². The summed E-state index contributed by atoms with van der Waals surface area (Å²) in [6, 6.07) is 0. The molecular formula is C5H4N2O. The summed E-state index contributed by atoms with van der Waals surface area (Å²) in [7, 11) is 0. The molecule has 0 aromatic heterocycles. The van der Waals surface area contributed by atoms with E-state index in [1.807, 2.05) is 0 Å². The third-order valence-electron chi connectivity index (χ3n) is 1.14. The number of hydrogen-bond donors (Lipinski definition) is 0. The van der Waals surface area contributed by atoms with Gasteiger partial charge < -0.3 is 4.84 Å². The smallest absolute Gasteiger partial charge is 0.146 e. The first kappa shape index (κ1) is 3.83. The predicted octanol–water partition coefficient (Wildman–Crippen LogP) is 0.341. The standard InChI is InChI=1S/C5H4N2O/c1-4-3-8-7-5(4)2-6-1/h1-2H,3H2. The first-order valence-electron chi connectivity index (χ1n) is 2.39. The minimum Gasteiger partial charge on any atom is -0.390 e. The zero-order valence-electron chi connectivity index (χ0n) is 4.16. The molecule has 0 aromatic carbocycles. The molecule has 0 spiro atoms. The van der Waals surface area contributed by atoms with Crippen molar-refractivity contribution in [3.05, 3.63) is 11.8 Å².